The molecule has 0 radical (unpaired) electrons. The topological polar surface area (TPSA) is 64.3 Å². The molecule has 1 fully saturated rings. The number of carbonyl (C=O) groups excluding carboxylic acids is 1. The Hall–Kier alpha value is -1.26. The molecule has 2 aliphatic carbocycles. The second-order valence-electron chi connectivity index (χ2n) is 6.55. The summed E-state index contributed by atoms with van der Waals surface area (Å²) in [5.41, 5.74) is 8.37. The summed E-state index contributed by atoms with van der Waals surface area (Å²) < 4.78 is 5.31. The summed E-state index contributed by atoms with van der Waals surface area (Å²) in [5.74, 6) is 1.55. The van der Waals surface area contributed by atoms with Gasteiger partial charge in [-0.15, -0.1) is 12.4 Å². The van der Waals surface area contributed by atoms with E-state index in [-0.39, 0.29) is 30.3 Å². The monoisotopic (exact) mass is 338 g/mol. The first-order valence-corrected chi connectivity index (χ1v) is 8.40. The average molecular weight is 339 g/mol. The van der Waals surface area contributed by atoms with Crippen LogP contribution in [-0.2, 0) is 11.2 Å². The molecule has 1 unspecified atom stereocenters. The van der Waals surface area contributed by atoms with Gasteiger partial charge in [-0.1, -0.05) is 12.5 Å². The van der Waals surface area contributed by atoms with Crippen molar-refractivity contribution in [2.45, 2.75) is 44.6 Å². The molecule has 1 aromatic carbocycles. The highest BCUT2D eigenvalue weighted by Gasteiger charge is 2.33. The SMILES string of the molecule is COc1ccc2c(c1)CCCC2NC(=O)[C@@H]1CCC[C@@H]1CN.Cl. The zero-order valence-electron chi connectivity index (χ0n) is 13.7. The highest BCUT2D eigenvalue weighted by molar-refractivity contribution is 5.85. The maximum absolute atomic E-state index is 12.6. The van der Waals surface area contributed by atoms with Crippen LogP contribution in [0.25, 0.3) is 0 Å². The van der Waals surface area contributed by atoms with Crippen LogP contribution in [-0.4, -0.2) is 19.6 Å². The van der Waals surface area contributed by atoms with Gasteiger partial charge in [-0.05, 0) is 67.8 Å². The molecule has 0 aliphatic heterocycles. The number of hydrogen-bond acceptors (Lipinski definition) is 3. The highest BCUT2D eigenvalue weighted by atomic mass is 35.5. The van der Waals surface area contributed by atoms with Gasteiger partial charge in [-0.25, -0.2) is 0 Å². The zero-order chi connectivity index (χ0) is 15.5. The number of nitrogens with two attached hydrogens (primary N) is 1. The summed E-state index contributed by atoms with van der Waals surface area (Å²) in [6.45, 7) is 0.622. The molecule has 128 valence electrons. The van der Waals surface area contributed by atoms with Crippen LogP contribution in [0.2, 0.25) is 0 Å². The lowest BCUT2D eigenvalue weighted by molar-refractivity contribution is -0.126. The molecule has 0 heterocycles. The first-order valence-electron chi connectivity index (χ1n) is 8.40. The van der Waals surface area contributed by atoms with Crippen molar-refractivity contribution >= 4 is 18.3 Å². The van der Waals surface area contributed by atoms with Crippen molar-refractivity contribution in [2.75, 3.05) is 13.7 Å². The summed E-state index contributed by atoms with van der Waals surface area (Å²) in [7, 11) is 1.69. The minimum Gasteiger partial charge on any atom is -0.497 e. The Bertz CT molecular complexity index is 550. The number of ether oxygens (including phenoxy) is 1. The lowest BCUT2D eigenvalue weighted by Crippen LogP contribution is -2.38. The second-order valence-corrected chi connectivity index (χ2v) is 6.55. The summed E-state index contributed by atoms with van der Waals surface area (Å²) in [6, 6.07) is 6.34. The van der Waals surface area contributed by atoms with E-state index in [4.69, 9.17) is 10.5 Å². The van der Waals surface area contributed by atoms with Crippen LogP contribution < -0.4 is 15.8 Å². The van der Waals surface area contributed by atoms with E-state index in [0.29, 0.717) is 12.5 Å². The lowest BCUT2D eigenvalue weighted by Gasteiger charge is -2.29. The number of halogens is 1. The molecular formula is C18H27ClN2O2. The Morgan fingerprint density at radius 1 is 1.30 bits per heavy atom. The Morgan fingerprint density at radius 3 is 2.87 bits per heavy atom. The molecular weight excluding hydrogens is 312 g/mol. The predicted octanol–water partition coefficient (Wildman–Crippen LogP) is 2.99. The van der Waals surface area contributed by atoms with Crippen LogP contribution >= 0.6 is 12.4 Å². The Balaban J connectivity index is 0.00000192. The van der Waals surface area contributed by atoms with Crippen molar-refractivity contribution in [3.05, 3.63) is 29.3 Å². The Labute approximate surface area is 144 Å². The highest BCUT2D eigenvalue weighted by Crippen LogP contribution is 2.35. The van der Waals surface area contributed by atoms with Crippen molar-refractivity contribution in [3.8, 4) is 5.75 Å². The predicted molar refractivity (Wildman–Crippen MR) is 93.9 cm³/mol. The summed E-state index contributed by atoms with van der Waals surface area (Å²) >= 11 is 0. The van der Waals surface area contributed by atoms with E-state index in [2.05, 4.69) is 17.4 Å². The number of aryl methyl sites for hydroxylation is 1. The minimum atomic E-state index is 0. The molecule has 0 spiro atoms. The summed E-state index contributed by atoms with van der Waals surface area (Å²) in [6.07, 6.45) is 6.39. The van der Waals surface area contributed by atoms with E-state index >= 15 is 0 Å². The van der Waals surface area contributed by atoms with Crippen LogP contribution in [0.3, 0.4) is 0 Å². The standard InChI is InChI=1S/C18H26N2O2.ClH/c1-22-14-8-9-15-12(10-14)4-3-7-17(15)20-18(21)16-6-2-5-13(16)11-19;/h8-10,13,16-17H,2-7,11,19H2,1H3,(H,20,21);1H/t13-,16-,17?;/m1./s1. The van der Waals surface area contributed by atoms with Gasteiger partial charge in [0.1, 0.15) is 5.75 Å². The molecule has 2 aliphatic rings. The van der Waals surface area contributed by atoms with E-state index in [0.717, 1.165) is 44.3 Å². The second kappa shape index (κ2) is 8.02. The van der Waals surface area contributed by atoms with E-state index < -0.39 is 0 Å². The van der Waals surface area contributed by atoms with E-state index in [1.165, 1.54) is 11.1 Å². The van der Waals surface area contributed by atoms with Crippen LogP contribution in [0.5, 0.6) is 5.75 Å². The van der Waals surface area contributed by atoms with Crippen LogP contribution in [0.4, 0.5) is 0 Å². The van der Waals surface area contributed by atoms with Gasteiger partial charge in [0.2, 0.25) is 5.91 Å². The maximum Gasteiger partial charge on any atom is 0.223 e. The van der Waals surface area contributed by atoms with Gasteiger partial charge in [0.25, 0.3) is 0 Å². The number of carbonyl (C=O) groups is 1. The number of nitrogens with one attached hydrogen (secondary N) is 1. The van der Waals surface area contributed by atoms with Gasteiger partial charge in [0.15, 0.2) is 0 Å². The summed E-state index contributed by atoms with van der Waals surface area (Å²) in [4.78, 5) is 12.6. The maximum atomic E-state index is 12.6. The van der Waals surface area contributed by atoms with Crippen molar-refractivity contribution in [3.63, 3.8) is 0 Å². The van der Waals surface area contributed by atoms with E-state index in [9.17, 15) is 4.79 Å². The fraction of sp³-hybridized carbons (Fsp3) is 0.611. The number of methoxy groups -OCH3 is 1. The van der Waals surface area contributed by atoms with Crippen molar-refractivity contribution < 1.29 is 9.53 Å². The molecule has 1 saturated carbocycles. The van der Waals surface area contributed by atoms with Gasteiger partial charge < -0.3 is 15.8 Å². The average Bonchev–Trinajstić information content (AvgIpc) is 3.03. The van der Waals surface area contributed by atoms with Gasteiger partial charge >= 0.3 is 0 Å². The fourth-order valence-corrected chi connectivity index (χ4v) is 4.01. The molecule has 0 bridgehead atoms. The van der Waals surface area contributed by atoms with Gasteiger partial charge in [0.05, 0.1) is 13.2 Å². The van der Waals surface area contributed by atoms with Crippen molar-refractivity contribution in [2.24, 2.45) is 17.6 Å². The van der Waals surface area contributed by atoms with Gasteiger partial charge in [-0.2, -0.15) is 0 Å². The van der Waals surface area contributed by atoms with E-state index in [1.807, 2.05) is 6.07 Å². The molecule has 3 N–H and O–H groups in total. The summed E-state index contributed by atoms with van der Waals surface area (Å²) in [5, 5.41) is 3.28. The zero-order valence-corrected chi connectivity index (χ0v) is 14.5. The fourth-order valence-electron chi connectivity index (χ4n) is 4.01. The molecule has 3 rings (SSSR count). The quantitative estimate of drug-likeness (QED) is 0.887. The molecule has 3 atom stereocenters. The van der Waals surface area contributed by atoms with Crippen molar-refractivity contribution in [1.29, 1.82) is 0 Å². The van der Waals surface area contributed by atoms with Gasteiger partial charge in [-0.3, -0.25) is 4.79 Å². The molecule has 1 amide bonds. The molecule has 0 saturated heterocycles. The molecule has 1 aromatic rings. The third-order valence-corrected chi connectivity index (χ3v) is 5.28. The third kappa shape index (κ3) is 3.81. The number of amides is 1. The Morgan fingerprint density at radius 2 is 2.13 bits per heavy atom. The van der Waals surface area contributed by atoms with Gasteiger partial charge in [0, 0.05) is 5.92 Å². The molecule has 0 aromatic heterocycles. The molecule has 23 heavy (non-hydrogen) atoms. The number of hydrogen-bond donors (Lipinski definition) is 2. The normalized spacial score (nSPS) is 26.1. The van der Waals surface area contributed by atoms with Crippen molar-refractivity contribution in [1.82, 2.24) is 5.32 Å². The van der Waals surface area contributed by atoms with Crippen LogP contribution in [0.1, 0.15) is 49.3 Å². The first kappa shape index (κ1) is 18.1. The third-order valence-electron chi connectivity index (χ3n) is 5.28. The number of fused-ring (bicyclic) bond motifs is 1. The molecule has 5 heteroatoms. The smallest absolute Gasteiger partial charge is 0.223 e. The lowest BCUT2D eigenvalue weighted by atomic mass is 9.86. The minimum absolute atomic E-state index is 0. The van der Waals surface area contributed by atoms with Crippen LogP contribution in [0, 0.1) is 11.8 Å². The van der Waals surface area contributed by atoms with E-state index in [1.54, 1.807) is 7.11 Å². The Kier molecular flexibility index (Phi) is 6.31. The first-order chi connectivity index (χ1) is 10.7. The number of rotatable bonds is 4. The molecule has 4 nitrogen and oxygen atoms in total. The van der Waals surface area contributed by atoms with Crippen LogP contribution in [0.15, 0.2) is 18.2 Å². The number of benzene rings is 1. The largest absolute Gasteiger partial charge is 0.497 e.